The summed E-state index contributed by atoms with van der Waals surface area (Å²) in [5.74, 6) is -0.168. The Hall–Kier alpha value is -0.350. The van der Waals surface area contributed by atoms with E-state index >= 15 is 0 Å². The predicted octanol–water partition coefficient (Wildman–Crippen LogP) is 2.51. The molecule has 1 aliphatic heterocycles. The number of benzene rings is 1. The molecule has 0 radical (unpaired) electrons. The fourth-order valence-corrected chi connectivity index (χ4v) is 1.89. The molecule has 1 atom stereocenters. The van der Waals surface area contributed by atoms with Gasteiger partial charge in [-0.3, -0.25) is 0 Å². The number of hydrogen-bond donors (Lipinski definition) is 2. The Morgan fingerprint density at radius 2 is 1.94 bits per heavy atom. The third-order valence-corrected chi connectivity index (χ3v) is 2.80. The van der Waals surface area contributed by atoms with Crippen LogP contribution >= 0.6 is 24.8 Å². The SMILES string of the molecule is Cl.Cl.Fc1ccc(CNC2CCCNC2)cc1. The molecule has 1 heterocycles. The first kappa shape index (κ1) is 16.6. The van der Waals surface area contributed by atoms with Crippen molar-refractivity contribution in [3.63, 3.8) is 0 Å². The first-order chi connectivity index (χ1) is 7.34. The zero-order valence-corrected chi connectivity index (χ0v) is 11.2. The number of hydrogen-bond acceptors (Lipinski definition) is 2. The Balaban J connectivity index is 0.00000128. The van der Waals surface area contributed by atoms with E-state index in [9.17, 15) is 4.39 Å². The zero-order valence-electron chi connectivity index (χ0n) is 9.62. The largest absolute Gasteiger partial charge is 0.315 e. The molecule has 1 aromatic carbocycles. The summed E-state index contributed by atoms with van der Waals surface area (Å²) in [7, 11) is 0. The van der Waals surface area contributed by atoms with Gasteiger partial charge in [-0.25, -0.2) is 4.39 Å². The smallest absolute Gasteiger partial charge is 0.123 e. The Labute approximate surface area is 114 Å². The van der Waals surface area contributed by atoms with Crippen LogP contribution in [0.25, 0.3) is 0 Å². The molecule has 0 spiro atoms. The molecular weight excluding hydrogens is 262 g/mol. The second kappa shape index (κ2) is 8.70. The van der Waals surface area contributed by atoms with E-state index in [1.807, 2.05) is 12.1 Å². The van der Waals surface area contributed by atoms with Crippen molar-refractivity contribution in [3.05, 3.63) is 35.6 Å². The topological polar surface area (TPSA) is 24.1 Å². The van der Waals surface area contributed by atoms with Gasteiger partial charge in [0.15, 0.2) is 0 Å². The lowest BCUT2D eigenvalue weighted by Gasteiger charge is -2.23. The van der Waals surface area contributed by atoms with E-state index in [0.717, 1.165) is 25.2 Å². The van der Waals surface area contributed by atoms with Crippen LogP contribution in [0.2, 0.25) is 0 Å². The molecule has 2 rings (SSSR count). The van der Waals surface area contributed by atoms with Crippen LogP contribution in [0, 0.1) is 5.82 Å². The molecule has 0 amide bonds. The Bertz CT molecular complexity index is 300. The molecule has 1 saturated heterocycles. The molecule has 0 bridgehead atoms. The van der Waals surface area contributed by atoms with E-state index in [2.05, 4.69) is 10.6 Å². The first-order valence-electron chi connectivity index (χ1n) is 5.53. The first-order valence-corrected chi connectivity index (χ1v) is 5.53. The van der Waals surface area contributed by atoms with Crippen LogP contribution in [-0.2, 0) is 6.54 Å². The van der Waals surface area contributed by atoms with Gasteiger partial charge >= 0.3 is 0 Å². The van der Waals surface area contributed by atoms with Crippen molar-refractivity contribution in [2.75, 3.05) is 13.1 Å². The molecule has 5 heteroatoms. The fourth-order valence-electron chi connectivity index (χ4n) is 1.89. The number of rotatable bonds is 3. The maximum absolute atomic E-state index is 12.7. The van der Waals surface area contributed by atoms with E-state index in [1.165, 1.54) is 25.0 Å². The van der Waals surface area contributed by atoms with Crippen molar-refractivity contribution < 1.29 is 4.39 Å². The third-order valence-electron chi connectivity index (χ3n) is 2.80. The van der Waals surface area contributed by atoms with Crippen LogP contribution in [0.3, 0.4) is 0 Å². The summed E-state index contributed by atoms with van der Waals surface area (Å²) < 4.78 is 12.7. The average Bonchev–Trinajstić information content (AvgIpc) is 2.30. The second-order valence-electron chi connectivity index (χ2n) is 4.05. The number of piperidine rings is 1. The summed E-state index contributed by atoms with van der Waals surface area (Å²) in [5, 5.41) is 6.83. The molecule has 1 fully saturated rings. The van der Waals surface area contributed by atoms with Gasteiger partial charge in [0.1, 0.15) is 5.82 Å². The summed E-state index contributed by atoms with van der Waals surface area (Å²) >= 11 is 0. The van der Waals surface area contributed by atoms with Crippen LogP contribution < -0.4 is 10.6 Å². The van der Waals surface area contributed by atoms with Crippen molar-refractivity contribution >= 4 is 24.8 Å². The highest BCUT2D eigenvalue weighted by atomic mass is 35.5. The van der Waals surface area contributed by atoms with Crippen molar-refractivity contribution in [1.29, 1.82) is 0 Å². The summed E-state index contributed by atoms with van der Waals surface area (Å²) in [5.41, 5.74) is 1.14. The molecule has 1 aliphatic rings. The summed E-state index contributed by atoms with van der Waals surface area (Å²) in [6.07, 6.45) is 2.47. The predicted molar refractivity (Wildman–Crippen MR) is 73.6 cm³/mol. The second-order valence-corrected chi connectivity index (χ2v) is 4.05. The van der Waals surface area contributed by atoms with Gasteiger partial charge in [-0.05, 0) is 37.1 Å². The minimum Gasteiger partial charge on any atom is -0.315 e. The van der Waals surface area contributed by atoms with Gasteiger partial charge in [-0.15, -0.1) is 24.8 Å². The average molecular weight is 281 g/mol. The van der Waals surface area contributed by atoms with Crippen molar-refractivity contribution in [1.82, 2.24) is 10.6 Å². The Morgan fingerprint density at radius 3 is 2.53 bits per heavy atom. The van der Waals surface area contributed by atoms with Crippen LogP contribution in [-0.4, -0.2) is 19.1 Å². The maximum atomic E-state index is 12.7. The van der Waals surface area contributed by atoms with Crippen LogP contribution in [0.5, 0.6) is 0 Å². The summed E-state index contributed by atoms with van der Waals surface area (Å²) in [4.78, 5) is 0. The third kappa shape index (κ3) is 5.68. The Morgan fingerprint density at radius 1 is 1.24 bits per heavy atom. The lowest BCUT2D eigenvalue weighted by Crippen LogP contribution is -2.42. The molecule has 2 nitrogen and oxygen atoms in total. The zero-order chi connectivity index (χ0) is 10.5. The lowest BCUT2D eigenvalue weighted by atomic mass is 10.1. The Kier molecular flexibility index (Phi) is 8.52. The van der Waals surface area contributed by atoms with Crippen LogP contribution in [0.4, 0.5) is 4.39 Å². The van der Waals surface area contributed by atoms with Crippen molar-refractivity contribution in [2.45, 2.75) is 25.4 Å². The minimum atomic E-state index is -0.168. The molecule has 98 valence electrons. The van der Waals surface area contributed by atoms with Crippen molar-refractivity contribution in [3.8, 4) is 0 Å². The van der Waals surface area contributed by atoms with Gasteiger partial charge < -0.3 is 10.6 Å². The summed E-state index contributed by atoms with van der Waals surface area (Å²) in [6.45, 7) is 3.00. The highest BCUT2D eigenvalue weighted by Crippen LogP contribution is 2.05. The van der Waals surface area contributed by atoms with E-state index in [4.69, 9.17) is 0 Å². The standard InChI is InChI=1S/C12H17FN2.2ClH/c13-11-5-3-10(4-6-11)8-15-12-2-1-7-14-9-12;;/h3-6,12,14-15H,1-2,7-9H2;2*1H. The summed E-state index contributed by atoms with van der Waals surface area (Å²) in [6, 6.07) is 7.24. The normalized spacial score (nSPS) is 19.0. The van der Waals surface area contributed by atoms with Gasteiger partial charge in [0, 0.05) is 19.1 Å². The highest BCUT2D eigenvalue weighted by Gasteiger charge is 2.11. The van der Waals surface area contributed by atoms with Gasteiger partial charge in [-0.1, -0.05) is 12.1 Å². The molecule has 2 N–H and O–H groups in total. The van der Waals surface area contributed by atoms with Gasteiger partial charge in [0.2, 0.25) is 0 Å². The molecule has 1 unspecified atom stereocenters. The van der Waals surface area contributed by atoms with Crippen LogP contribution in [0.15, 0.2) is 24.3 Å². The lowest BCUT2D eigenvalue weighted by molar-refractivity contribution is 0.389. The quantitative estimate of drug-likeness (QED) is 0.889. The molecule has 1 aromatic rings. The van der Waals surface area contributed by atoms with Gasteiger partial charge in [-0.2, -0.15) is 0 Å². The monoisotopic (exact) mass is 280 g/mol. The van der Waals surface area contributed by atoms with E-state index in [0.29, 0.717) is 6.04 Å². The van der Waals surface area contributed by atoms with E-state index < -0.39 is 0 Å². The number of halogens is 3. The highest BCUT2D eigenvalue weighted by molar-refractivity contribution is 5.85. The van der Waals surface area contributed by atoms with E-state index in [1.54, 1.807) is 0 Å². The van der Waals surface area contributed by atoms with Crippen LogP contribution in [0.1, 0.15) is 18.4 Å². The maximum Gasteiger partial charge on any atom is 0.123 e. The molecule has 0 saturated carbocycles. The van der Waals surface area contributed by atoms with Gasteiger partial charge in [0.05, 0.1) is 0 Å². The van der Waals surface area contributed by atoms with E-state index in [-0.39, 0.29) is 30.6 Å². The van der Waals surface area contributed by atoms with Crippen molar-refractivity contribution in [2.24, 2.45) is 0 Å². The molecule has 0 aliphatic carbocycles. The minimum absolute atomic E-state index is 0. The fraction of sp³-hybridized carbons (Fsp3) is 0.500. The van der Waals surface area contributed by atoms with Gasteiger partial charge in [0.25, 0.3) is 0 Å². The molecule has 0 aromatic heterocycles. The molecule has 17 heavy (non-hydrogen) atoms. The number of nitrogens with one attached hydrogen (secondary N) is 2. The molecular formula is C12H19Cl2FN2.